The van der Waals surface area contributed by atoms with Gasteiger partial charge < -0.3 is 20.9 Å². The highest BCUT2D eigenvalue weighted by Gasteiger charge is 2.21. The predicted molar refractivity (Wildman–Crippen MR) is 100.0 cm³/mol. The Kier molecular flexibility index (Phi) is 7.59. The molecule has 0 amide bonds. The van der Waals surface area contributed by atoms with Crippen molar-refractivity contribution in [2.75, 3.05) is 31.3 Å². The van der Waals surface area contributed by atoms with E-state index < -0.39 is 0 Å². The van der Waals surface area contributed by atoms with Crippen LogP contribution in [0.1, 0.15) is 30.9 Å². The summed E-state index contributed by atoms with van der Waals surface area (Å²) in [6, 6.07) is 15.9. The maximum absolute atomic E-state index is 5.62. The Bertz CT molecular complexity index is 534. The van der Waals surface area contributed by atoms with Crippen molar-refractivity contribution in [1.82, 2.24) is 0 Å². The fourth-order valence-corrected chi connectivity index (χ4v) is 2.13. The lowest BCUT2D eigenvalue weighted by Crippen LogP contribution is -2.01. The van der Waals surface area contributed by atoms with Crippen molar-refractivity contribution in [2.24, 2.45) is 0 Å². The molecular formula is C20H28N2O2. The fourth-order valence-electron chi connectivity index (χ4n) is 2.13. The van der Waals surface area contributed by atoms with Crippen LogP contribution in [0, 0.1) is 0 Å². The topological polar surface area (TPSA) is 73.8 Å². The Morgan fingerprint density at radius 2 is 1.46 bits per heavy atom. The third kappa shape index (κ3) is 7.49. The Morgan fingerprint density at radius 1 is 0.958 bits per heavy atom. The van der Waals surface area contributed by atoms with Gasteiger partial charge in [0, 0.05) is 18.0 Å². The van der Waals surface area contributed by atoms with Gasteiger partial charge in [-0.3, -0.25) is 0 Å². The van der Waals surface area contributed by atoms with Crippen LogP contribution in [0.15, 0.2) is 48.5 Å². The predicted octanol–water partition coefficient (Wildman–Crippen LogP) is 3.64. The second kappa shape index (κ2) is 9.96. The van der Waals surface area contributed by atoms with Crippen LogP contribution in [0.2, 0.25) is 0 Å². The van der Waals surface area contributed by atoms with Gasteiger partial charge >= 0.3 is 0 Å². The van der Waals surface area contributed by atoms with E-state index in [4.69, 9.17) is 20.9 Å². The molecule has 0 spiro atoms. The number of unbranched alkanes of at least 4 members (excludes halogenated alkanes) is 1. The van der Waals surface area contributed by atoms with E-state index in [1.807, 2.05) is 48.5 Å². The number of benzene rings is 2. The van der Waals surface area contributed by atoms with Gasteiger partial charge in [-0.05, 0) is 48.2 Å². The van der Waals surface area contributed by atoms with E-state index in [-0.39, 0.29) is 0 Å². The van der Waals surface area contributed by atoms with Crippen LogP contribution in [-0.4, -0.2) is 25.9 Å². The van der Waals surface area contributed by atoms with Crippen molar-refractivity contribution in [1.29, 1.82) is 0 Å². The Hall–Kier alpha value is -2.04. The average molecular weight is 328 g/mol. The number of nitrogens with two attached hydrogens (primary N) is 2. The van der Waals surface area contributed by atoms with Crippen LogP contribution in [0.25, 0.3) is 0 Å². The Balaban J connectivity index is 0.000000198. The second-order valence-electron chi connectivity index (χ2n) is 6.04. The van der Waals surface area contributed by atoms with Gasteiger partial charge in [0.2, 0.25) is 0 Å². The summed E-state index contributed by atoms with van der Waals surface area (Å²) in [7, 11) is 0. The second-order valence-corrected chi connectivity index (χ2v) is 6.04. The Morgan fingerprint density at radius 3 is 1.88 bits per heavy atom. The van der Waals surface area contributed by atoms with Gasteiger partial charge in [0.1, 0.15) is 6.10 Å². The lowest BCUT2D eigenvalue weighted by molar-refractivity contribution is 0.114. The van der Waals surface area contributed by atoms with E-state index in [0.29, 0.717) is 6.10 Å². The molecule has 1 atom stereocenters. The molecule has 0 aliphatic carbocycles. The summed E-state index contributed by atoms with van der Waals surface area (Å²) in [5.41, 5.74) is 15.4. The zero-order valence-electron chi connectivity index (χ0n) is 14.4. The summed E-state index contributed by atoms with van der Waals surface area (Å²) in [5.74, 6) is 0. The van der Waals surface area contributed by atoms with Crippen molar-refractivity contribution in [2.45, 2.75) is 32.3 Å². The van der Waals surface area contributed by atoms with Gasteiger partial charge in [-0.2, -0.15) is 0 Å². The third-order valence-corrected chi connectivity index (χ3v) is 3.72. The molecule has 4 N–H and O–H groups in total. The number of anilines is 2. The molecule has 2 aromatic rings. The van der Waals surface area contributed by atoms with E-state index in [1.165, 1.54) is 24.0 Å². The van der Waals surface area contributed by atoms with Gasteiger partial charge in [-0.25, -0.2) is 0 Å². The molecule has 4 heteroatoms. The maximum Gasteiger partial charge on any atom is 0.104 e. The molecule has 2 aromatic carbocycles. The number of nitrogen functional groups attached to an aromatic ring is 2. The van der Waals surface area contributed by atoms with Gasteiger partial charge in [0.15, 0.2) is 0 Å². The molecule has 24 heavy (non-hydrogen) atoms. The monoisotopic (exact) mass is 328 g/mol. The number of ether oxygens (including phenoxy) is 2. The molecule has 1 saturated heterocycles. The van der Waals surface area contributed by atoms with Gasteiger partial charge in [-0.1, -0.05) is 37.6 Å². The summed E-state index contributed by atoms with van der Waals surface area (Å²) >= 11 is 0. The summed E-state index contributed by atoms with van der Waals surface area (Å²) in [6.45, 7) is 4.78. The first kappa shape index (κ1) is 18.3. The van der Waals surface area contributed by atoms with Crippen LogP contribution in [0.4, 0.5) is 11.4 Å². The quantitative estimate of drug-likeness (QED) is 0.462. The normalized spacial score (nSPS) is 15.5. The summed E-state index contributed by atoms with van der Waals surface area (Å²) < 4.78 is 10.2. The molecule has 0 bridgehead atoms. The molecule has 1 heterocycles. The number of epoxide rings is 1. The van der Waals surface area contributed by atoms with E-state index in [0.717, 1.165) is 37.6 Å². The zero-order chi connectivity index (χ0) is 17.2. The highest BCUT2D eigenvalue weighted by molar-refractivity contribution is 5.43. The van der Waals surface area contributed by atoms with Crippen LogP contribution in [0.5, 0.6) is 0 Å². The van der Waals surface area contributed by atoms with Crippen molar-refractivity contribution < 1.29 is 9.47 Å². The molecule has 0 aromatic heterocycles. The number of hydrogen-bond donors (Lipinski definition) is 2. The van der Waals surface area contributed by atoms with Gasteiger partial charge in [0.25, 0.3) is 0 Å². The van der Waals surface area contributed by atoms with Gasteiger partial charge in [0.05, 0.1) is 13.2 Å². The van der Waals surface area contributed by atoms with Crippen molar-refractivity contribution >= 4 is 11.4 Å². The summed E-state index contributed by atoms with van der Waals surface area (Å²) in [6.07, 6.45) is 3.74. The molecule has 0 saturated carbocycles. The first-order valence-corrected chi connectivity index (χ1v) is 8.55. The molecule has 1 fully saturated rings. The van der Waals surface area contributed by atoms with Crippen LogP contribution in [-0.2, 0) is 15.9 Å². The average Bonchev–Trinajstić information content (AvgIpc) is 3.41. The van der Waals surface area contributed by atoms with Crippen LogP contribution < -0.4 is 11.5 Å². The largest absolute Gasteiger partial charge is 0.399 e. The van der Waals surface area contributed by atoms with Crippen molar-refractivity contribution in [3.8, 4) is 0 Å². The zero-order valence-corrected chi connectivity index (χ0v) is 14.4. The van der Waals surface area contributed by atoms with Crippen LogP contribution >= 0.6 is 0 Å². The minimum absolute atomic E-state index is 0.432. The molecule has 1 unspecified atom stereocenters. The molecule has 1 aliphatic heterocycles. The third-order valence-electron chi connectivity index (χ3n) is 3.72. The molecule has 0 radical (unpaired) electrons. The van der Waals surface area contributed by atoms with E-state index in [2.05, 4.69) is 6.92 Å². The minimum Gasteiger partial charge on any atom is -0.399 e. The van der Waals surface area contributed by atoms with Crippen molar-refractivity contribution in [3.05, 3.63) is 59.7 Å². The molecular weight excluding hydrogens is 300 g/mol. The highest BCUT2D eigenvalue weighted by atomic mass is 16.6. The molecule has 4 nitrogen and oxygen atoms in total. The molecule has 1 aliphatic rings. The number of rotatable bonds is 7. The van der Waals surface area contributed by atoms with E-state index >= 15 is 0 Å². The first-order valence-electron chi connectivity index (χ1n) is 8.55. The van der Waals surface area contributed by atoms with Crippen molar-refractivity contribution in [3.63, 3.8) is 0 Å². The van der Waals surface area contributed by atoms with Crippen LogP contribution in [0.3, 0.4) is 0 Å². The highest BCUT2D eigenvalue weighted by Crippen LogP contribution is 2.13. The SMILES string of the molecule is CCCCOCC1CO1.Nc1ccc(Cc2ccc(N)cc2)cc1. The smallest absolute Gasteiger partial charge is 0.104 e. The standard InChI is InChI=1S/C13H14N2.C7H14O2/c14-12-5-1-10(2-6-12)9-11-3-7-13(15)8-4-11;1-2-3-4-8-5-7-6-9-7/h1-8H,9,14-15H2;7H,2-6H2,1H3. The molecule has 130 valence electrons. The van der Waals surface area contributed by atoms with E-state index in [9.17, 15) is 0 Å². The minimum atomic E-state index is 0.432. The lowest BCUT2D eigenvalue weighted by atomic mass is 10.0. The first-order chi connectivity index (χ1) is 11.7. The number of hydrogen-bond acceptors (Lipinski definition) is 4. The fraction of sp³-hybridized carbons (Fsp3) is 0.400. The van der Waals surface area contributed by atoms with E-state index in [1.54, 1.807) is 0 Å². The van der Waals surface area contributed by atoms with Gasteiger partial charge in [-0.15, -0.1) is 0 Å². The summed E-state index contributed by atoms with van der Waals surface area (Å²) in [5, 5.41) is 0. The molecule has 3 rings (SSSR count). The maximum atomic E-state index is 5.62. The Labute approximate surface area is 144 Å². The lowest BCUT2D eigenvalue weighted by Gasteiger charge is -2.02. The summed E-state index contributed by atoms with van der Waals surface area (Å²) in [4.78, 5) is 0.